The molecule has 1 amide bonds. The number of nitrogens with one attached hydrogen (secondary N) is 2. The van der Waals surface area contributed by atoms with Crippen LogP contribution in [0.4, 0.5) is 4.39 Å². The lowest BCUT2D eigenvalue weighted by molar-refractivity contribution is 0.0930. The monoisotopic (exact) mass is 359 g/mol. The van der Waals surface area contributed by atoms with Crippen molar-refractivity contribution >= 4 is 5.91 Å². The highest BCUT2D eigenvalue weighted by Gasteiger charge is 2.20. The zero-order valence-electron chi connectivity index (χ0n) is 14.5. The molecular formula is C19H22FN3O3. The summed E-state index contributed by atoms with van der Waals surface area (Å²) in [5.74, 6) is -1.01. The second kappa shape index (κ2) is 8.12. The van der Waals surface area contributed by atoms with E-state index in [-0.39, 0.29) is 23.7 Å². The molecule has 138 valence electrons. The molecular weight excluding hydrogens is 337 g/mol. The molecule has 0 aliphatic heterocycles. The molecule has 0 spiro atoms. The molecule has 1 aliphatic rings. The molecule has 7 heteroatoms. The second-order valence-electron chi connectivity index (χ2n) is 6.65. The minimum Gasteiger partial charge on any atom is -0.349 e. The number of H-pyrrole nitrogens is 1. The van der Waals surface area contributed by atoms with Gasteiger partial charge in [0.15, 0.2) is 0 Å². The van der Waals surface area contributed by atoms with Gasteiger partial charge in [-0.05, 0) is 18.9 Å². The SMILES string of the molecule is O=C(NC1CCCCCC1)c1c[nH]c(=O)n(Cc2ccccc2F)c1=O. The Morgan fingerprint density at radius 2 is 1.85 bits per heavy atom. The second-order valence-corrected chi connectivity index (χ2v) is 6.65. The maximum atomic E-state index is 13.8. The van der Waals surface area contributed by atoms with E-state index in [0.29, 0.717) is 0 Å². The number of benzene rings is 1. The first-order valence-electron chi connectivity index (χ1n) is 8.93. The Bertz CT molecular complexity index is 895. The first-order valence-corrected chi connectivity index (χ1v) is 8.93. The van der Waals surface area contributed by atoms with E-state index in [2.05, 4.69) is 10.3 Å². The van der Waals surface area contributed by atoms with Crippen LogP contribution >= 0.6 is 0 Å². The average molecular weight is 359 g/mol. The van der Waals surface area contributed by atoms with E-state index < -0.39 is 23.0 Å². The Balaban J connectivity index is 1.85. The van der Waals surface area contributed by atoms with E-state index in [1.54, 1.807) is 6.07 Å². The zero-order valence-corrected chi connectivity index (χ0v) is 14.5. The topological polar surface area (TPSA) is 84.0 Å². The van der Waals surface area contributed by atoms with Gasteiger partial charge in [0.1, 0.15) is 11.4 Å². The van der Waals surface area contributed by atoms with Crippen LogP contribution in [-0.2, 0) is 6.54 Å². The predicted octanol–water partition coefficient (Wildman–Crippen LogP) is 2.18. The van der Waals surface area contributed by atoms with Crippen molar-refractivity contribution in [3.05, 3.63) is 68.2 Å². The van der Waals surface area contributed by atoms with Crippen molar-refractivity contribution in [1.29, 1.82) is 0 Å². The number of aromatic amines is 1. The summed E-state index contributed by atoms with van der Waals surface area (Å²) in [5, 5.41) is 2.89. The minimum atomic E-state index is -0.719. The summed E-state index contributed by atoms with van der Waals surface area (Å²) >= 11 is 0. The normalized spacial score (nSPS) is 15.4. The molecule has 1 aromatic heterocycles. The van der Waals surface area contributed by atoms with Crippen molar-refractivity contribution in [3.8, 4) is 0 Å². The van der Waals surface area contributed by atoms with Crippen molar-refractivity contribution in [2.45, 2.75) is 51.1 Å². The van der Waals surface area contributed by atoms with Crippen LogP contribution in [0.2, 0.25) is 0 Å². The Labute approximate surface area is 150 Å². The summed E-state index contributed by atoms with van der Waals surface area (Å²) in [6.45, 7) is -0.231. The lowest BCUT2D eigenvalue weighted by Crippen LogP contribution is -2.43. The van der Waals surface area contributed by atoms with Gasteiger partial charge in [-0.3, -0.25) is 14.2 Å². The van der Waals surface area contributed by atoms with Gasteiger partial charge in [-0.1, -0.05) is 43.9 Å². The van der Waals surface area contributed by atoms with Gasteiger partial charge in [0.05, 0.1) is 6.54 Å². The summed E-state index contributed by atoms with van der Waals surface area (Å²) < 4.78 is 14.7. The van der Waals surface area contributed by atoms with Gasteiger partial charge in [0.2, 0.25) is 0 Å². The van der Waals surface area contributed by atoms with Crippen molar-refractivity contribution in [2.75, 3.05) is 0 Å². The molecule has 1 heterocycles. The largest absolute Gasteiger partial charge is 0.349 e. The van der Waals surface area contributed by atoms with Crippen LogP contribution in [0.15, 0.2) is 40.1 Å². The molecule has 6 nitrogen and oxygen atoms in total. The van der Waals surface area contributed by atoms with E-state index in [1.807, 2.05) is 0 Å². The number of amides is 1. The summed E-state index contributed by atoms with van der Waals surface area (Å²) in [5.41, 5.74) is -1.32. The molecule has 0 unspecified atom stereocenters. The smallest absolute Gasteiger partial charge is 0.328 e. The van der Waals surface area contributed by atoms with Gasteiger partial charge < -0.3 is 10.3 Å². The molecule has 26 heavy (non-hydrogen) atoms. The highest BCUT2D eigenvalue weighted by molar-refractivity contribution is 5.93. The summed E-state index contributed by atoms with van der Waals surface area (Å²) in [6.07, 6.45) is 7.31. The Hall–Kier alpha value is -2.70. The molecule has 0 radical (unpaired) electrons. The van der Waals surface area contributed by atoms with Crippen molar-refractivity contribution in [3.63, 3.8) is 0 Å². The standard InChI is InChI=1S/C19H22FN3O3/c20-16-10-6-5-7-13(16)12-23-18(25)15(11-21-19(23)26)17(24)22-14-8-3-1-2-4-9-14/h5-7,10-11,14H,1-4,8-9,12H2,(H,21,26)(H,22,24). The quantitative estimate of drug-likeness (QED) is 0.821. The number of halogens is 1. The summed E-state index contributed by atoms with van der Waals surface area (Å²) in [7, 11) is 0. The van der Waals surface area contributed by atoms with Gasteiger partial charge in [0.25, 0.3) is 11.5 Å². The Kier molecular flexibility index (Phi) is 5.65. The fourth-order valence-corrected chi connectivity index (χ4v) is 3.30. The van der Waals surface area contributed by atoms with Crippen LogP contribution in [0, 0.1) is 5.82 Å². The fraction of sp³-hybridized carbons (Fsp3) is 0.421. The molecule has 0 atom stereocenters. The van der Waals surface area contributed by atoms with Gasteiger partial charge in [-0.15, -0.1) is 0 Å². The Morgan fingerprint density at radius 3 is 2.54 bits per heavy atom. The molecule has 0 bridgehead atoms. The molecule has 1 saturated carbocycles. The van der Waals surface area contributed by atoms with E-state index >= 15 is 0 Å². The van der Waals surface area contributed by atoms with E-state index in [9.17, 15) is 18.8 Å². The number of hydrogen-bond donors (Lipinski definition) is 2. The van der Waals surface area contributed by atoms with E-state index in [4.69, 9.17) is 0 Å². The molecule has 1 fully saturated rings. The van der Waals surface area contributed by atoms with Crippen LogP contribution in [-0.4, -0.2) is 21.5 Å². The molecule has 2 aromatic rings. The Morgan fingerprint density at radius 1 is 1.15 bits per heavy atom. The van der Waals surface area contributed by atoms with Crippen LogP contribution in [0.25, 0.3) is 0 Å². The zero-order chi connectivity index (χ0) is 18.5. The fourth-order valence-electron chi connectivity index (χ4n) is 3.30. The van der Waals surface area contributed by atoms with Crippen molar-refractivity contribution in [2.24, 2.45) is 0 Å². The first kappa shape index (κ1) is 18.1. The third-order valence-electron chi connectivity index (χ3n) is 4.78. The molecule has 1 aromatic carbocycles. The van der Waals surface area contributed by atoms with Gasteiger partial charge in [-0.2, -0.15) is 0 Å². The van der Waals surface area contributed by atoms with Crippen molar-refractivity contribution in [1.82, 2.24) is 14.9 Å². The highest BCUT2D eigenvalue weighted by atomic mass is 19.1. The van der Waals surface area contributed by atoms with Crippen LogP contribution in [0.3, 0.4) is 0 Å². The highest BCUT2D eigenvalue weighted by Crippen LogP contribution is 2.17. The molecule has 3 rings (SSSR count). The number of hydrogen-bond acceptors (Lipinski definition) is 3. The van der Waals surface area contributed by atoms with Crippen molar-refractivity contribution < 1.29 is 9.18 Å². The predicted molar refractivity (Wildman–Crippen MR) is 95.8 cm³/mol. The first-order chi connectivity index (χ1) is 12.6. The van der Waals surface area contributed by atoms with Crippen LogP contribution in [0.1, 0.15) is 54.4 Å². The average Bonchev–Trinajstić information content (AvgIpc) is 2.88. The number of aromatic nitrogens is 2. The minimum absolute atomic E-state index is 0.0383. The van der Waals surface area contributed by atoms with Crippen LogP contribution < -0.4 is 16.6 Å². The summed E-state index contributed by atoms with van der Waals surface area (Å²) in [4.78, 5) is 39.5. The maximum absolute atomic E-state index is 13.8. The van der Waals surface area contributed by atoms with E-state index in [0.717, 1.165) is 49.3 Å². The van der Waals surface area contributed by atoms with Gasteiger partial charge in [0, 0.05) is 17.8 Å². The lowest BCUT2D eigenvalue weighted by Gasteiger charge is -2.16. The molecule has 0 saturated heterocycles. The van der Waals surface area contributed by atoms with E-state index in [1.165, 1.54) is 18.2 Å². The maximum Gasteiger partial charge on any atom is 0.328 e. The molecule has 1 aliphatic carbocycles. The number of nitrogens with zero attached hydrogens (tertiary/aromatic N) is 1. The number of rotatable bonds is 4. The van der Waals surface area contributed by atoms with Gasteiger partial charge in [-0.25, -0.2) is 9.18 Å². The van der Waals surface area contributed by atoms with Gasteiger partial charge >= 0.3 is 5.69 Å². The van der Waals surface area contributed by atoms with Crippen LogP contribution in [0.5, 0.6) is 0 Å². The number of carbonyl (C=O) groups excluding carboxylic acids is 1. The molecule has 2 N–H and O–H groups in total. The third kappa shape index (κ3) is 4.09. The number of carbonyl (C=O) groups is 1. The summed E-state index contributed by atoms with van der Waals surface area (Å²) in [6, 6.07) is 5.95. The lowest BCUT2D eigenvalue weighted by atomic mass is 10.1. The third-order valence-corrected chi connectivity index (χ3v) is 4.78.